The lowest BCUT2D eigenvalue weighted by Gasteiger charge is -2.11. The molecule has 4 rings (SSSR count). The fourth-order valence-electron chi connectivity index (χ4n) is 2.38. The molecule has 0 bridgehead atoms. The number of rotatable bonds is 3. The van der Waals surface area contributed by atoms with Gasteiger partial charge in [0.1, 0.15) is 11.3 Å². The van der Waals surface area contributed by atoms with E-state index in [4.69, 9.17) is 12.2 Å². The molecule has 2 aromatic heterocycles. The molecule has 0 saturated carbocycles. The number of benzene rings is 2. The van der Waals surface area contributed by atoms with Crippen LogP contribution in [0, 0.1) is 3.57 Å². The Morgan fingerprint density at radius 2 is 2.04 bits per heavy atom. The summed E-state index contributed by atoms with van der Waals surface area (Å²) in [6.45, 7) is 0. The summed E-state index contributed by atoms with van der Waals surface area (Å²) in [5.74, 6) is -0.248. The fourth-order valence-corrected chi connectivity index (χ4v) is 4.04. The highest BCUT2D eigenvalue weighted by Crippen LogP contribution is 2.26. The molecule has 4 aromatic rings. The normalized spacial score (nSPS) is 10.7. The number of hydrogen-bond acceptors (Lipinski definition) is 6. The van der Waals surface area contributed by atoms with Crippen molar-refractivity contribution in [3.05, 3.63) is 64.0 Å². The molecule has 0 spiro atoms. The van der Waals surface area contributed by atoms with Crippen molar-refractivity contribution < 1.29 is 4.79 Å². The van der Waals surface area contributed by atoms with Crippen molar-refractivity contribution in [2.75, 3.05) is 5.32 Å². The number of thiocarbonyl (C=S) groups is 1. The Bertz CT molecular complexity index is 1130. The van der Waals surface area contributed by atoms with Gasteiger partial charge in [-0.25, -0.2) is 0 Å². The number of nitrogens with one attached hydrogen (secondary N) is 2. The first kappa shape index (κ1) is 17.9. The van der Waals surface area contributed by atoms with Crippen molar-refractivity contribution in [3.63, 3.8) is 0 Å². The van der Waals surface area contributed by atoms with E-state index in [9.17, 15) is 4.79 Å². The zero-order chi connectivity index (χ0) is 18.8. The van der Waals surface area contributed by atoms with Crippen molar-refractivity contribution in [1.29, 1.82) is 0 Å². The van der Waals surface area contributed by atoms with Crippen LogP contribution in [0.4, 0.5) is 5.69 Å². The maximum atomic E-state index is 12.4. The SMILES string of the molecule is O=C(NC(=S)Nc1cccc(-c2nn3cnnc3s2)c1)c1ccccc1I. The van der Waals surface area contributed by atoms with Crippen LogP contribution in [0.3, 0.4) is 0 Å². The summed E-state index contributed by atoms with van der Waals surface area (Å²) in [6, 6.07) is 15.0. The van der Waals surface area contributed by atoms with E-state index in [0.29, 0.717) is 5.56 Å². The minimum Gasteiger partial charge on any atom is -0.332 e. The molecule has 0 aliphatic rings. The summed E-state index contributed by atoms with van der Waals surface area (Å²) < 4.78 is 2.49. The Kier molecular flexibility index (Phi) is 5.09. The van der Waals surface area contributed by atoms with Crippen LogP contribution in [-0.2, 0) is 0 Å². The number of aromatic nitrogens is 4. The molecule has 7 nitrogen and oxygen atoms in total. The molecular formula is C17H11IN6OS2. The van der Waals surface area contributed by atoms with Crippen molar-refractivity contribution >= 4 is 67.8 Å². The van der Waals surface area contributed by atoms with Crippen molar-refractivity contribution in [2.24, 2.45) is 0 Å². The Morgan fingerprint density at radius 1 is 1.19 bits per heavy atom. The molecule has 0 saturated heterocycles. The summed E-state index contributed by atoms with van der Waals surface area (Å²) in [7, 11) is 0. The number of nitrogens with zero attached hydrogens (tertiary/aromatic N) is 4. The van der Waals surface area contributed by atoms with E-state index in [1.54, 1.807) is 16.9 Å². The molecule has 0 atom stereocenters. The molecule has 0 aliphatic heterocycles. The first-order valence-electron chi connectivity index (χ1n) is 7.74. The first-order chi connectivity index (χ1) is 13.1. The molecule has 2 aromatic carbocycles. The average Bonchev–Trinajstić information content (AvgIpc) is 3.24. The monoisotopic (exact) mass is 506 g/mol. The quantitative estimate of drug-likeness (QED) is 0.327. The number of fused-ring (bicyclic) bond motifs is 1. The summed E-state index contributed by atoms with van der Waals surface area (Å²) in [4.78, 5) is 13.1. The van der Waals surface area contributed by atoms with Crippen LogP contribution in [0.15, 0.2) is 54.9 Å². The van der Waals surface area contributed by atoms with Crippen molar-refractivity contribution in [2.45, 2.75) is 0 Å². The highest BCUT2D eigenvalue weighted by atomic mass is 127. The van der Waals surface area contributed by atoms with Crippen LogP contribution < -0.4 is 10.6 Å². The van der Waals surface area contributed by atoms with Crippen LogP contribution in [0.25, 0.3) is 15.5 Å². The second-order valence-electron chi connectivity index (χ2n) is 5.43. The van der Waals surface area contributed by atoms with Crippen LogP contribution in [0.5, 0.6) is 0 Å². The Balaban J connectivity index is 1.48. The second-order valence-corrected chi connectivity index (χ2v) is 7.96. The van der Waals surface area contributed by atoms with Gasteiger partial charge >= 0.3 is 0 Å². The Hall–Kier alpha value is -2.44. The standard InChI is InChI=1S/C17H11IN6OS2/c18-13-7-2-1-6-12(13)14(25)21-16(26)20-11-5-3-4-10(8-11)15-23-24-9-19-22-17(24)27-15/h1-9H,(H2,20,21,25,26). The van der Waals surface area contributed by atoms with Gasteiger partial charge in [-0.2, -0.15) is 9.61 Å². The smallest absolute Gasteiger partial charge is 0.258 e. The summed E-state index contributed by atoms with van der Waals surface area (Å²) in [5.41, 5.74) is 2.25. The molecule has 2 N–H and O–H groups in total. The van der Waals surface area contributed by atoms with E-state index in [-0.39, 0.29) is 11.0 Å². The van der Waals surface area contributed by atoms with Gasteiger partial charge in [0.25, 0.3) is 5.91 Å². The lowest BCUT2D eigenvalue weighted by atomic mass is 10.2. The molecule has 134 valence electrons. The van der Waals surface area contributed by atoms with Crippen molar-refractivity contribution in [3.8, 4) is 10.6 Å². The average molecular weight is 506 g/mol. The van der Waals surface area contributed by atoms with Gasteiger partial charge in [0.15, 0.2) is 5.11 Å². The number of hydrogen-bond donors (Lipinski definition) is 2. The molecule has 10 heteroatoms. The number of carbonyl (C=O) groups excluding carboxylic acids is 1. The van der Waals surface area contributed by atoms with E-state index in [2.05, 4.69) is 48.5 Å². The third kappa shape index (κ3) is 3.96. The zero-order valence-electron chi connectivity index (χ0n) is 13.6. The van der Waals surface area contributed by atoms with Gasteiger partial charge in [-0.3, -0.25) is 10.1 Å². The second kappa shape index (κ2) is 7.66. The zero-order valence-corrected chi connectivity index (χ0v) is 17.4. The predicted octanol–water partition coefficient (Wildman–Crippen LogP) is 3.58. The third-order valence-electron chi connectivity index (χ3n) is 3.60. The topological polar surface area (TPSA) is 84.2 Å². The number of halogens is 1. The minimum atomic E-state index is -0.248. The molecular weight excluding hydrogens is 495 g/mol. The lowest BCUT2D eigenvalue weighted by molar-refractivity contribution is 0.0977. The van der Waals surface area contributed by atoms with Gasteiger partial charge in [0.05, 0.1) is 5.56 Å². The van der Waals surface area contributed by atoms with Gasteiger partial charge in [0.2, 0.25) is 4.96 Å². The number of anilines is 1. The molecule has 0 fully saturated rings. The van der Waals surface area contributed by atoms with E-state index in [1.807, 2.05) is 42.5 Å². The Morgan fingerprint density at radius 3 is 2.85 bits per heavy atom. The van der Waals surface area contributed by atoms with Gasteiger partial charge < -0.3 is 5.32 Å². The molecule has 27 heavy (non-hydrogen) atoms. The molecule has 1 amide bonds. The highest BCUT2D eigenvalue weighted by molar-refractivity contribution is 14.1. The highest BCUT2D eigenvalue weighted by Gasteiger charge is 2.12. The Labute approximate surface area is 177 Å². The van der Waals surface area contributed by atoms with Crippen molar-refractivity contribution in [1.82, 2.24) is 25.1 Å². The van der Waals surface area contributed by atoms with Gasteiger partial charge in [-0.15, -0.1) is 10.2 Å². The van der Waals surface area contributed by atoms with Crippen LogP contribution in [-0.4, -0.2) is 30.8 Å². The molecule has 0 radical (unpaired) electrons. The van der Waals surface area contributed by atoms with Gasteiger partial charge in [-0.1, -0.05) is 35.6 Å². The van der Waals surface area contributed by atoms with Crippen LogP contribution in [0.2, 0.25) is 0 Å². The molecule has 0 aliphatic carbocycles. The van der Waals surface area contributed by atoms with E-state index in [0.717, 1.165) is 24.8 Å². The predicted molar refractivity (Wildman–Crippen MR) is 117 cm³/mol. The van der Waals surface area contributed by atoms with E-state index < -0.39 is 0 Å². The maximum absolute atomic E-state index is 12.4. The lowest BCUT2D eigenvalue weighted by Crippen LogP contribution is -2.34. The summed E-state index contributed by atoms with van der Waals surface area (Å²) in [6.07, 6.45) is 1.56. The third-order valence-corrected chi connectivity index (χ3v) is 5.71. The summed E-state index contributed by atoms with van der Waals surface area (Å²) in [5, 5.41) is 19.0. The molecule has 2 heterocycles. The van der Waals surface area contributed by atoms with Gasteiger partial charge in [0, 0.05) is 14.8 Å². The van der Waals surface area contributed by atoms with Crippen LogP contribution in [0.1, 0.15) is 10.4 Å². The first-order valence-corrected chi connectivity index (χ1v) is 10.0. The summed E-state index contributed by atoms with van der Waals surface area (Å²) >= 11 is 8.83. The van der Waals surface area contributed by atoms with Gasteiger partial charge in [-0.05, 0) is 59.1 Å². The largest absolute Gasteiger partial charge is 0.332 e. The number of amides is 1. The molecule has 0 unspecified atom stereocenters. The number of carbonyl (C=O) groups is 1. The maximum Gasteiger partial charge on any atom is 0.258 e. The van der Waals surface area contributed by atoms with E-state index in [1.165, 1.54) is 11.3 Å². The van der Waals surface area contributed by atoms with E-state index >= 15 is 0 Å². The minimum absolute atomic E-state index is 0.231. The van der Waals surface area contributed by atoms with Crippen LogP contribution >= 0.6 is 46.1 Å². The fraction of sp³-hybridized carbons (Fsp3) is 0.